The molecule has 0 saturated heterocycles. The Morgan fingerprint density at radius 3 is 2.26 bits per heavy atom. The summed E-state index contributed by atoms with van der Waals surface area (Å²) in [7, 11) is 0. The van der Waals surface area contributed by atoms with Crippen molar-refractivity contribution >= 4 is 15.9 Å². The van der Waals surface area contributed by atoms with Gasteiger partial charge in [-0.05, 0) is 56.9 Å². The van der Waals surface area contributed by atoms with Crippen LogP contribution in [0.2, 0.25) is 0 Å². The first-order chi connectivity index (χ1) is 11.3. The molecule has 3 aromatic carbocycles. The third kappa shape index (κ3) is 3.80. The van der Waals surface area contributed by atoms with Crippen molar-refractivity contribution in [2.24, 2.45) is 0 Å². The number of benzene rings is 3. The predicted molar refractivity (Wildman–Crippen MR) is 95.1 cm³/mol. The van der Waals surface area contributed by atoms with Crippen LogP contribution in [-0.4, -0.2) is 0 Å². The van der Waals surface area contributed by atoms with Crippen LogP contribution >= 0.6 is 15.9 Å². The SMILES string of the molecule is N#Cc1ccc(COc2ccc(-c3ccccc3)cc2Br)cc1. The van der Waals surface area contributed by atoms with Crippen LogP contribution in [0.15, 0.2) is 77.3 Å². The highest BCUT2D eigenvalue weighted by molar-refractivity contribution is 9.10. The highest BCUT2D eigenvalue weighted by Gasteiger charge is 2.05. The van der Waals surface area contributed by atoms with Crippen LogP contribution in [0.25, 0.3) is 11.1 Å². The van der Waals surface area contributed by atoms with Crippen LogP contribution in [0.3, 0.4) is 0 Å². The van der Waals surface area contributed by atoms with Crippen molar-refractivity contribution in [1.82, 2.24) is 0 Å². The molecule has 3 aromatic rings. The van der Waals surface area contributed by atoms with Gasteiger partial charge < -0.3 is 4.74 Å². The summed E-state index contributed by atoms with van der Waals surface area (Å²) in [6, 6.07) is 25.8. The molecule has 3 heteroatoms. The summed E-state index contributed by atoms with van der Waals surface area (Å²) >= 11 is 3.57. The molecule has 0 fully saturated rings. The van der Waals surface area contributed by atoms with Crippen molar-refractivity contribution in [3.8, 4) is 22.9 Å². The van der Waals surface area contributed by atoms with Gasteiger partial charge in [0.25, 0.3) is 0 Å². The Bertz CT molecular complexity index is 836. The zero-order valence-electron chi connectivity index (χ0n) is 12.4. The standard InChI is InChI=1S/C20H14BrNO/c21-19-12-18(17-4-2-1-3-5-17)10-11-20(19)23-14-16-8-6-15(13-22)7-9-16/h1-12H,14H2. The Morgan fingerprint density at radius 2 is 1.61 bits per heavy atom. The molecule has 3 rings (SSSR count). The van der Waals surface area contributed by atoms with Gasteiger partial charge >= 0.3 is 0 Å². The van der Waals surface area contributed by atoms with Gasteiger partial charge in [0.15, 0.2) is 0 Å². The highest BCUT2D eigenvalue weighted by Crippen LogP contribution is 2.31. The summed E-state index contributed by atoms with van der Waals surface area (Å²) < 4.78 is 6.78. The molecule has 0 aliphatic rings. The van der Waals surface area contributed by atoms with Gasteiger partial charge in [0.1, 0.15) is 12.4 Å². The topological polar surface area (TPSA) is 33.0 Å². The van der Waals surface area contributed by atoms with Gasteiger partial charge in [0.05, 0.1) is 16.1 Å². The number of rotatable bonds is 4. The van der Waals surface area contributed by atoms with Crippen LogP contribution in [0, 0.1) is 11.3 Å². The molecule has 2 nitrogen and oxygen atoms in total. The van der Waals surface area contributed by atoms with Gasteiger partial charge in [0.2, 0.25) is 0 Å². The quantitative estimate of drug-likeness (QED) is 0.607. The number of halogens is 1. The molecule has 0 spiro atoms. The Balaban J connectivity index is 1.72. The summed E-state index contributed by atoms with van der Waals surface area (Å²) in [6.45, 7) is 0.467. The van der Waals surface area contributed by atoms with E-state index < -0.39 is 0 Å². The molecule has 23 heavy (non-hydrogen) atoms. The minimum absolute atomic E-state index is 0.467. The molecule has 0 heterocycles. The fourth-order valence-electron chi connectivity index (χ4n) is 2.26. The van der Waals surface area contributed by atoms with E-state index in [1.807, 2.05) is 42.5 Å². The Kier molecular flexibility index (Phi) is 4.75. The van der Waals surface area contributed by atoms with Crippen molar-refractivity contribution in [3.05, 3.63) is 88.4 Å². The zero-order valence-corrected chi connectivity index (χ0v) is 14.0. The van der Waals surface area contributed by atoms with E-state index in [9.17, 15) is 0 Å². The molecule has 0 aromatic heterocycles. The van der Waals surface area contributed by atoms with Gasteiger partial charge in [-0.15, -0.1) is 0 Å². The molecule has 0 N–H and O–H groups in total. The van der Waals surface area contributed by atoms with E-state index in [2.05, 4.69) is 40.2 Å². The Morgan fingerprint density at radius 1 is 0.870 bits per heavy atom. The Labute approximate surface area is 144 Å². The fraction of sp³-hybridized carbons (Fsp3) is 0.0500. The number of nitrogens with zero attached hydrogens (tertiary/aromatic N) is 1. The van der Waals surface area contributed by atoms with Crippen molar-refractivity contribution < 1.29 is 4.74 Å². The van der Waals surface area contributed by atoms with Gasteiger partial charge in [-0.3, -0.25) is 0 Å². The summed E-state index contributed by atoms with van der Waals surface area (Å²) in [5, 5.41) is 8.81. The number of hydrogen-bond acceptors (Lipinski definition) is 2. The molecule has 112 valence electrons. The lowest BCUT2D eigenvalue weighted by Crippen LogP contribution is -1.96. The first-order valence-electron chi connectivity index (χ1n) is 7.23. The number of nitriles is 1. The summed E-state index contributed by atoms with van der Waals surface area (Å²) in [5.41, 5.74) is 4.00. The van der Waals surface area contributed by atoms with Gasteiger partial charge in [-0.2, -0.15) is 5.26 Å². The average molecular weight is 364 g/mol. The predicted octanol–water partition coefficient (Wildman–Crippen LogP) is 5.57. The smallest absolute Gasteiger partial charge is 0.134 e. The fourth-order valence-corrected chi connectivity index (χ4v) is 2.76. The third-order valence-corrected chi connectivity index (χ3v) is 4.14. The number of ether oxygens (including phenoxy) is 1. The van der Waals surface area contributed by atoms with Gasteiger partial charge in [-0.25, -0.2) is 0 Å². The van der Waals surface area contributed by atoms with Crippen molar-refractivity contribution in [2.75, 3.05) is 0 Å². The molecule has 0 unspecified atom stereocenters. The highest BCUT2D eigenvalue weighted by atomic mass is 79.9. The first kappa shape index (κ1) is 15.3. The van der Waals surface area contributed by atoms with Gasteiger partial charge in [-0.1, -0.05) is 48.5 Å². The van der Waals surface area contributed by atoms with E-state index in [1.165, 1.54) is 5.56 Å². The minimum atomic E-state index is 0.467. The van der Waals surface area contributed by atoms with E-state index in [0.29, 0.717) is 12.2 Å². The first-order valence-corrected chi connectivity index (χ1v) is 8.02. The largest absolute Gasteiger partial charge is 0.488 e. The molecule has 0 bridgehead atoms. The van der Waals surface area contributed by atoms with E-state index in [0.717, 1.165) is 21.3 Å². The average Bonchev–Trinajstić information content (AvgIpc) is 2.62. The molecule has 0 aliphatic heterocycles. The normalized spacial score (nSPS) is 10.1. The zero-order chi connectivity index (χ0) is 16.1. The van der Waals surface area contributed by atoms with Crippen LogP contribution in [0.5, 0.6) is 5.75 Å². The molecule has 0 atom stereocenters. The van der Waals surface area contributed by atoms with E-state index >= 15 is 0 Å². The van der Waals surface area contributed by atoms with Gasteiger partial charge in [0, 0.05) is 0 Å². The Hall–Kier alpha value is -2.57. The lowest BCUT2D eigenvalue weighted by molar-refractivity contribution is 0.304. The van der Waals surface area contributed by atoms with E-state index in [-0.39, 0.29) is 0 Å². The maximum Gasteiger partial charge on any atom is 0.134 e. The summed E-state index contributed by atoms with van der Waals surface area (Å²) in [6.07, 6.45) is 0. The lowest BCUT2D eigenvalue weighted by Gasteiger charge is -2.10. The molecule has 0 radical (unpaired) electrons. The van der Waals surface area contributed by atoms with E-state index in [1.54, 1.807) is 12.1 Å². The minimum Gasteiger partial charge on any atom is -0.488 e. The number of hydrogen-bond donors (Lipinski definition) is 0. The van der Waals surface area contributed by atoms with Crippen LogP contribution in [-0.2, 0) is 6.61 Å². The maximum atomic E-state index is 8.81. The second kappa shape index (κ2) is 7.13. The van der Waals surface area contributed by atoms with Crippen molar-refractivity contribution in [1.29, 1.82) is 5.26 Å². The van der Waals surface area contributed by atoms with Crippen LogP contribution < -0.4 is 4.74 Å². The summed E-state index contributed by atoms with van der Waals surface area (Å²) in [4.78, 5) is 0. The molecule has 0 amide bonds. The summed E-state index contributed by atoms with van der Waals surface area (Å²) in [5.74, 6) is 0.800. The second-order valence-corrected chi connectivity index (χ2v) is 5.96. The van der Waals surface area contributed by atoms with Crippen LogP contribution in [0.1, 0.15) is 11.1 Å². The molecular weight excluding hydrogens is 350 g/mol. The van der Waals surface area contributed by atoms with E-state index in [4.69, 9.17) is 10.00 Å². The van der Waals surface area contributed by atoms with Crippen molar-refractivity contribution in [3.63, 3.8) is 0 Å². The second-order valence-electron chi connectivity index (χ2n) is 5.11. The monoisotopic (exact) mass is 363 g/mol. The van der Waals surface area contributed by atoms with Crippen molar-refractivity contribution in [2.45, 2.75) is 6.61 Å². The maximum absolute atomic E-state index is 8.81. The molecule has 0 saturated carbocycles. The molecule has 0 aliphatic carbocycles. The van der Waals surface area contributed by atoms with Crippen LogP contribution in [0.4, 0.5) is 0 Å². The molecular formula is C20H14BrNO. The lowest BCUT2D eigenvalue weighted by atomic mass is 10.1. The third-order valence-electron chi connectivity index (χ3n) is 3.52.